The Labute approximate surface area is 101 Å². The molecule has 0 spiro atoms. The fourth-order valence-corrected chi connectivity index (χ4v) is 1.69. The van der Waals surface area contributed by atoms with E-state index in [-0.39, 0.29) is 37.4 Å². The van der Waals surface area contributed by atoms with Gasteiger partial charge in [-0.1, -0.05) is 0 Å². The molecule has 0 aromatic carbocycles. The van der Waals surface area contributed by atoms with Gasteiger partial charge in [-0.15, -0.1) is 0 Å². The summed E-state index contributed by atoms with van der Waals surface area (Å²) in [5.74, 6) is -0.948. The monoisotopic (exact) mass is 244 g/mol. The Hall–Kier alpha value is -1.14. The van der Waals surface area contributed by atoms with Crippen LogP contribution in [0.1, 0.15) is 25.7 Å². The topological polar surface area (TPSA) is 92.9 Å². The smallest absolute Gasteiger partial charge is 0.305 e. The summed E-state index contributed by atoms with van der Waals surface area (Å²) in [6, 6.07) is 0.220. The van der Waals surface area contributed by atoms with Crippen LogP contribution < -0.4 is 5.73 Å². The molecule has 0 aliphatic heterocycles. The molecule has 3 N–H and O–H groups in total. The van der Waals surface area contributed by atoms with Gasteiger partial charge in [0.05, 0.1) is 18.9 Å². The Bertz CT molecular complexity index is 275. The molecule has 6 nitrogen and oxygen atoms in total. The van der Waals surface area contributed by atoms with Crippen molar-refractivity contribution < 1.29 is 19.4 Å². The van der Waals surface area contributed by atoms with Crippen molar-refractivity contribution in [2.24, 2.45) is 5.73 Å². The number of nitrogens with zero attached hydrogens (tertiary/aromatic N) is 1. The largest absolute Gasteiger partial charge is 0.481 e. The highest BCUT2D eigenvalue weighted by Gasteiger charge is 2.33. The van der Waals surface area contributed by atoms with Crippen LogP contribution in [-0.2, 0) is 14.3 Å². The van der Waals surface area contributed by atoms with Crippen molar-refractivity contribution in [3.05, 3.63) is 0 Å². The predicted molar refractivity (Wildman–Crippen MR) is 61.5 cm³/mol. The van der Waals surface area contributed by atoms with Gasteiger partial charge in [-0.3, -0.25) is 9.59 Å². The van der Waals surface area contributed by atoms with Gasteiger partial charge in [0.15, 0.2) is 0 Å². The summed E-state index contributed by atoms with van der Waals surface area (Å²) in [7, 11) is 1.52. The average Bonchev–Trinajstić information content (AvgIpc) is 3.10. The van der Waals surface area contributed by atoms with Crippen LogP contribution >= 0.6 is 0 Å². The SMILES string of the molecule is COC(CN)CC(=O)N(CCC(=O)O)C1CC1. The van der Waals surface area contributed by atoms with Gasteiger partial charge in [0.25, 0.3) is 0 Å². The maximum Gasteiger partial charge on any atom is 0.305 e. The molecule has 1 aliphatic rings. The van der Waals surface area contributed by atoms with E-state index in [1.165, 1.54) is 7.11 Å². The van der Waals surface area contributed by atoms with Crippen molar-refractivity contribution >= 4 is 11.9 Å². The fourth-order valence-electron chi connectivity index (χ4n) is 1.69. The Morgan fingerprint density at radius 1 is 1.53 bits per heavy atom. The molecule has 1 saturated carbocycles. The molecular formula is C11H20N2O4. The van der Waals surface area contributed by atoms with E-state index in [1.54, 1.807) is 4.90 Å². The molecule has 98 valence electrons. The summed E-state index contributed by atoms with van der Waals surface area (Å²) in [5.41, 5.74) is 5.46. The molecule has 0 aromatic rings. The summed E-state index contributed by atoms with van der Waals surface area (Å²) in [5, 5.41) is 8.64. The fraction of sp³-hybridized carbons (Fsp3) is 0.818. The summed E-state index contributed by atoms with van der Waals surface area (Å²) >= 11 is 0. The first-order chi connectivity index (χ1) is 8.08. The number of aliphatic carboxylic acids is 1. The van der Waals surface area contributed by atoms with Crippen LogP contribution in [0.3, 0.4) is 0 Å². The molecule has 0 saturated heterocycles. The zero-order valence-electron chi connectivity index (χ0n) is 10.1. The third kappa shape index (κ3) is 4.70. The molecule has 0 radical (unpaired) electrons. The first-order valence-corrected chi connectivity index (χ1v) is 5.82. The number of hydrogen-bond acceptors (Lipinski definition) is 4. The first kappa shape index (κ1) is 13.9. The minimum Gasteiger partial charge on any atom is -0.481 e. The number of carbonyl (C=O) groups is 2. The van der Waals surface area contributed by atoms with Crippen LogP contribution in [0.25, 0.3) is 0 Å². The zero-order valence-corrected chi connectivity index (χ0v) is 10.1. The number of ether oxygens (including phenoxy) is 1. The van der Waals surface area contributed by atoms with Gasteiger partial charge >= 0.3 is 5.97 Å². The van der Waals surface area contributed by atoms with Crippen LogP contribution in [0, 0.1) is 0 Å². The summed E-state index contributed by atoms with van der Waals surface area (Å²) in [4.78, 5) is 24.1. The number of carboxylic acid groups (broad SMARTS) is 1. The lowest BCUT2D eigenvalue weighted by Crippen LogP contribution is -2.38. The molecule has 0 bridgehead atoms. The Balaban J connectivity index is 2.45. The molecule has 0 aromatic heterocycles. The molecule has 1 fully saturated rings. The molecule has 1 aliphatic carbocycles. The van der Waals surface area contributed by atoms with Crippen LogP contribution in [0.2, 0.25) is 0 Å². The lowest BCUT2D eigenvalue weighted by atomic mass is 10.2. The minimum atomic E-state index is -0.884. The average molecular weight is 244 g/mol. The standard InChI is InChI=1S/C11H20N2O4/c1-17-9(7-12)6-10(14)13(8-2-3-8)5-4-11(15)16/h8-9H,2-7,12H2,1H3,(H,15,16). The van der Waals surface area contributed by atoms with E-state index in [4.69, 9.17) is 15.6 Å². The van der Waals surface area contributed by atoms with E-state index in [0.29, 0.717) is 6.54 Å². The molecule has 0 heterocycles. The summed E-state index contributed by atoms with van der Waals surface area (Å²) in [6.45, 7) is 0.569. The number of amides is 1. The molecule has 17 heavy (non-hydrogen) atoms. The van der Waals surface area contributed by atoms with Crippen molar-refractivity contribution in [1.82, 2.24) is 4.90 Å². The van der Waals surface area contributed by atoms with Crippen LogP contribution in [-0.4, -0.2) is 54.2 Å². The lowest BCUT2D eigenvalue weighted by Gasteiger charge is -2.23. The summed E-state index contributed by atoms with van der Waals surface area (Å²) in [6.07, 6.45) is 1.86. The second-order valence-electron chi connectivity index (χ2n) is 4.26. The van der Waals surface area contributed by atoms with Crippen LogP contribution in [0.5, 0.6) is 0 Å². The van der Waals surface area contributed by atoms with Gasteiger partial charge in [-0.25, -0.2) is 0 Å². The molecule has 6 heteroatoms. The minimum absolute atomic E-state index is 0.0114. The first-order valence-electron chi connectivity index (χ1n) is 5.82. The van der Waals surface area contributed by atoms with Gasteiger partial charge in [0.2, 0.25) is 5.91 Å². The molecular weight excluding hydrogens is 224 g/mol. The van der Waals surface area contributed by atoms with E-state index in [0.717, 1.165) is 12.8 Å². The van der Waals surface area contributed by atoms with Crippen molar-refractivity contribution in [1.29, 1.82) is 0 Å². The van der Waals surface area contributed by atoms with Crippen molar-refractivity contribution in [2.45, 2.75) is 37.8 Å². The van der Waals surface area contributed by atoms with Gasteiger partial charge in [-0.2, -0.15) is 0 Å². The Morgan fingerprint density at radius 3 is 2.59 bits per heavy atom. The van der Waals surface area contributed by atoms with E-state index in [2.05, 4.69) is 0 Å². The molecule has 1 unspecified atom stereocenters. The molecule has 1 rings (SSSR count). The number of rotatable bonds is 8. The Morgan fingerprint density at radius 2 is 2.18 bits per heavy atom. The molecule has 1 amide bonds. The zero-order chi connectivity index (χ0) is 12.8. The maximum atomic E-state index is 12.0. The number of hydrogen-bond donors (Lipinski definition) is 2. The third-order valence-corrected chi connectivity index (χ3v) is 2.87. The third-order valence-electron chi connectivity index (χ3n) is 2.87. The maximum absolute atomic E-state index is 12.0. The highest BCUT2D eigenvalue weighted by molar-refractivity contribution is 5.78. The number of methoxy groups -OCH3 is 1. The van der Waals surface area contributed by atoms with E-state index in [9.17, 15) is 9.59 Å². The van der Waals surface area contributed by atoms with E-state index < -0.39 is 5.97 Å². The predicted octanol–water partition coefficient (Wildman–Crippen LogP) is -0.184. The summed E-state index contributed by atoms with van der Waals surface area (Å²) < 4.78 is 5.06. The number of nitrogens with two attached hydrogens (primary N) is 1. The second-order valence-corrected chi connectivity index (χ2v) is 4.26. The normalized spacial score (nSPS) is 16.6. The van der Waals surface area contributed by atoms with Crippen molar-refractivity contribution in [2.75, 3.05) is 20.2 Å². The quantitative estimate of drug-likeness (QED) is 0.617. The highest BCUT2D eigenvalue weighted by atomic mass is 16.5. The van der Waals surface area contributed by atoms with E-state index >= 15 is 0 Å². The van der Waals surface area contributed by atoms with Gasteiger partial charge < -0.3 is 20.5 Å². The number of carboxylic acids is 1. The molecule has 1 atom stereocenters. The number of carbonyl (C=O) groups excluding carboxylic acids is 1. The highest BCUT2D eigenvalue weighted by Crippen LogP contribution is 2.27. The van der Waals surface area contributed by atoms with Gasteiger partial charge in [-0.05, 0) is 12.8 Å². The van der Waals surface area contributed by atoms with Crippen molar-refractivity contribution in [3.63, 3.8) is 0 Å². The van der Waals surface area contributed by atoms with E-state index in [1.807, 2.05) is 0 Å². The second kappa shape index (κ2) is 6.56. The lowest BCUT2D eigenvalue weighted by molar-refractivity contribution is -0.139. The van der Waals surface area contributed by atoms with Gasteiger partial charge in [0, 0.05) is 26.2 Å². The Kier molecular flexibility index (Phi) is 5.37. The van der Waals surface area contributed by atoms with Crippen LogP contribution in [0.4, 0.5) is 0 Å². The van der Waals surface area contributed by atoms with Crippen molar-refractivity contribution in [3.8, 4) is 0 Å². The van der Waals surface area contributed by atoms with Gasteiger partial charge in [0.1, 0.15) is 0 Å². The van der Waals surface area contributed by atoms with Crippen LogP contribution in [0.15, 0.2) is 0 Å².